The molecule has 1 aliphatic carbocycles. The van der Waals surface area contributed by atoms with Crippen molar-refractivity contribution in [1.82, 2.24) is 10.3 Å². The van der Waals surface area contributed by atoms with Crippen LogP contribution in [0.15, 0.2) is 48.7 Å². The molecular formula is C25H32N2O2. The Balaban J connectivity index is 1.34. The number of pyridine rings is 1. The van der Waals surface area contributed by atoms with Crippen molar-refractivity contribution in [3.05, 3.63) is 59.9 Å². The summed E-state index contributed by atoms with van der Waals surface area (Å²) in [5, 5.41) is 3.85. The lowest BCUT2D eigenvalue weighted by molar-refractivity contribution is -0.104. The Labute approximate surface area is 174 Å². The normalized spacial score (nSPS) is 28.1. The van der Waals surface area contributed by atoms with E-state index in [-0.39, 0.29) is 11.0 Å². The second-order valence-electron chi connectivity index (χ2n) is 9.09. The van der Waals surface area contributed by atoms with Crippen LogP contribution in [0.3, 0.4) is 0 Å². The SMILES string of the molecule is c1ccc([C@]2(CCNC3CCOc4ccccc43)CCOC3(CCCC3)C2)nc1. The monoisotopic (exact) mass is 392 g/mol. The average molecular weight is 393 g/mol. The van der Waals surface area contributed by atoms with Gasteiger partial charge >= 0.3 is 0 Å². The number of aromatic nitrogens is 1. The smallest absolute Gasteiger partial charge is 0.124 e. The molecule has 1 N–H and O–H groups in total. The van der Waals surface area contributed by atoms with Crippen LogP contribution in [0.1, 0.15) is 68.7 Å². The van der Waals surface area contributed by atoms with Crippen LogP contribution in [0, 0.1) is 0 Å². The van der Waals surface area contributed by atoms with Crippen molar-refractivity contribution in [2.24, 2.45) is 0 Å². The summed E-state index contributed by atoms with van der Waals surface area (Å²) in [7, 11) is 0. The van der Waals surface area contributed by atoms with Crippen molar-refractivity contribution < 1.29 is 9.47 Å². The van der Waals surface area contributed by atoms with Crippen molar-refractivity contribution in [3.8, 4) is 5.75 Å². The number of benzene rings is 1. The Hall–Kier alpha value is -1.91. The molecule has 4 heteroatoms. The van der Waals surface area contributed by atoms with E-state index in [1.54, 1.807) is 0 Å². The Morgan fingerprint density at radius 3 is 2.72 bits per heavy atom. The second kappa shape index (κ2) is 8.08. The van der Waals surface area contributed by atoms with E-state index in [2.05, 4.69) is 41.7 Å². The van der Waals surface area contributed by atoms with Gasteiger partial charge in [0.2, 0.25) is 0 Å². The van der Waals surface area contributed by atoms with E-state index in [1.807, 2.05) is 12.3 Å². The van der Waals surface area contributed by atoms with Gasteiger partial charge in [-0.2, -0.15) is 0 Å². The number of rotatable bonds is 5. The number of fused-ring (bicyclic) bond motifs is 1. The number of nitrogens with zero attached hydrogens (tertiary/aromatic N) is 1. The summed E-state index contributed by atoms with van der Waals surface area (Å²) in [6.07, 6.45) is 11.3. The first-order valence-electron chi connectivity index (χ1n) is 11.3. The molecule has 0 radical (unpaired) electrons. The zero-order valence-corrected chi connectivity index (χ0v) is 17.2. The predicted octanol–water partition coefficient (Wildman–Crippen LogP) is 4.95. The highest BCUT2D eigenvalue weighted by Gasteiger charge is 2.48. The third-order valence-corrected chi connectivity index (χ3v) is 7.33. The van der Waals surface area contributed by atoms with Gasteiger partial charge in [-0.3, -0.25) is 4.98 Å². The van der Waals surface area contributed by atoms with Crippen LogP contribution in [0.2, 0.25) is 0 Å². The summed E-state index contributed by atoms with van der Waals surface area (Å²) in [6.45, 7) is 2.64. The third-order valence-electron chi connectivity index (χ3n) is 7.33. The molecule has 5 rings (SSSR count). The zero-order valence-electron chi connectivity index (χ0n) is 17.2. The van der Waals surface area contributed by atoms with Crippen molar-refractivity contribution in [3.63, 3.8) is 0 Å². The molecule has 29 heavy (non-hydrogen) atoms. The summed E-state index contributed by atoms with van der Waals surface area (Å²) >= 11 is 0. The molecular weight excluding hydrogens is 360 g/mol. The maximum absolute atomic E-state index is 6.38. The van der Waals surface area contributed by atoms with Crippen molar-refractivity contribution in [2.45, 2.75) is 68.4 Å². The molecule has 2 aromatic rings. The molecule has 0 bridgehead atoms. The fourth-order valence-corrected chi connectivity index (χ4v) is 5.84. The lowest BCUT2D eigenvalue weighted by Gasteiger charge is -2.46. The highest BCUT2D eigenvalue weighted by molar-refractivity contribution is 5.37. The van der Waals surface area contributed by atoms with Gasteiger partial charge in [0, 0.05) is 41.9 Å². The van der Waals surface area contributed by atoms with Gasteiger partial charge in [0.1, 0.15) is 5.75 Å². The minimum Gasteiger partial charge on any atom is -0.493 e. The molecule has 1 saturated heterocycles. The molecule has 3 aliphatic rings. The van der Waals surface area contributed by atoms with E-state index in [4.69, 9.17) is 14.5 Å². The molecule has 154 valence electrons. The number of ether oxygens (including phenoxy) is 2. The maximum Gasteiger partial charge on any atom is 0.124 e. The van der Waals surface area contributed by atoms with Crippen LogP contribution in [-0.2, 0) is 10.2 Å². The molecule has 0 amide bonds. The van der Waals surface area contributed by atoms with Gasteiger partial charge in [0.15, 0.2) is 0 Å². The molecule has 2 aliphatic heterocycles. The van der Waals surface area contributed by atoms with Gasteiger partial charge in [0.25, 0.3) is 0 Å². The molecule has 4 nitrogen and oxygen atoms in total. The van der Waals surface area contributed by atoms with E-state index >= 15 is 0 Å². The fourth-order valence-electron chi connectivity index (χ4n) is 5.84. The molecule has 1 aromatic carbocycles. The molecule has 1 aromatic heterocycles. The van der Waals surface area contributed by atoms with E-state index in [0.717, 1.165) is 51.2 Å². The van der Waals surface area contributed by atoms with Gasteiger partial charge in [-0.15, -0.1) is 0 Å². The summed E-state index contributed by atoms with van der Waals surface area (Å²) in [4.78, 5) is 4.83. The number of hydrogen-bond donors (Lipinski definition) is 1. The van der Waals surface area contributed by atoms with E-state index in [0.29, 0.717) is 6.04 Å². The fraction of sp³-hybridized carbons (Fsp3) is 0.560. The van der Waals surface area contributed by atoms with Crippen LogP contribution < -0.4 is 10.1 Å². The minimum absolute atomic E-state index is 0.0844. The molecule has 1 saturated carbocycles. The largest absolute Gasteiger partial charge is 0.493 e. The van der Waals surface area contributed by atoms with Gasteiger partial charge in [-0.25, -0.2) is 0 Å². The van der Waals surface area contributed by atoms with Gasteiger partial charge in [-0.05, 0) is 56.8 Å². The quantitative estimate of drug-likeness (QED) is 0.782. The third kappa shape index (κ3) is 3.80. The Morgan fingerprint density at radius 2 is 1.86 bits per heavy atom. The standard InChI is InChI=1S/C25H32N2O2/c1-2-8-22-20(7-1)21(10-17-28-22)26-16-13-24(23-9-3-6-15-27-23)14-18-29-25(19-24)11-4-5-12-25/h1-3,6-9,15,21,26H,4-5,10-14,16-19H2/t21?,24-/m1/s1. The highest BCUT2D eigenvalue weighted by Crippen LogP contribution is 2.49. The lowest BCUT2D eigenvalue weighted by Crippen LogP contribution is -2.47. The van der Waals surface area contributed by atoms with Crippen LogP contribution in [0.5, 0.6) is 5.75 Å². The lowest BCUT2D eigenvalue weighted by atomic mass is 9.68. The Morgan fingerprint density at radius 1 is 1.00 bits per heavy atom. The molecule has 1 unspecified atom stereocenters. The maximum atomic E-state index is 6.38. The van der Waals surface area contributed by atoms with Gasteiger partial charge in [0.05, 0.1) is 12.2 Å². The molecule has 3 heterocycles. The molecule has 1 spiro atoms. The highest BCUT2D eigenvalue weighted by atomic mass is 16.5. The molecule has 2 atom stereocenters. The summed E-state index contributed by atoms with van der Waals surface area (Å²) in [5.41, 5.74) is 2.75. The Kier molecular flexibility index (Phi) is 5.31. The second-order valence-corrected chi connectivity index (χ2v) is 9.09. The zero-order chi connectivity index (χ0) is 19.6. The summed E-state index contributed by atoms with van der Waals surface area (Å²) in [6, 6.07) is 15.2. The van der Waals surface area contributed by atoms with Gasteiger partial charge < -0.3 is 14.8 Å². The predicted molar refractivity (Wildman–Crippen MR) is 114 cm³/mol. The first-order chi connectivity index (χ1) is 14.3. The van der Waals surface area contributed by atoms with E-state index < -0.39 is 0 Å². The Bertz CT molecular complexity index is 819. The first-order valence-corrected chi connectivity index (χ1v) is 11.3. The molecule has 2 fully saturated rings. The van der Waals surface area contributed by atoms with Crippen molar-refractivity contribution >= 4 is 0 Å². The first kappa shape index (κ1) is 19.1. The van der Waals surface area contributed by atoms with E-state index in [9.17, 15) is 0 Å². The minimum atomic E-state index is 0.0844. The van der Waals surface area contributed by atoms with Crippen molar-refractivity contribution in [1.29, 1.82) is 0 Å². The van der Waals surface area contributed by atoms with Crippen LogP contribution in [0.25, 0.3) is 0 Å². The number of hydrogen-bond acceptors (Lipinski definition) is 4. The van der Waals surface area contributed by atoms with Crippen molar-refractivity contribution in [2.75, 3.05) is 19.8 Å². The number of para-hydroxylation sites is 1. The number of nitrogens with one attached hydrogen (secondary N) is 1. The topological polar surface area (TPSA) is 43.4 Å². The summed E-state index contributed by atoms with van der Waals surface area (Å²) in [5.74, 6) is 1.03. The average Bonchev–Trinajstić information content (AvgIpc) is 3.22. The van der Waals surface area contributed by atoms with Crippen LogP contribution >= 0.6 is 0 Å². The van der Waals surface area contributed by atoms with Gasteiger partial charge in [-0.1, -0.05) is 37.1 Å². The summed E-state index contributed by atoms with van der Waals surface area (Å²) < 4.78 is 12.2. The van der Waals surface area contributed by atoms with Crippen LogP contribution in [-0.4, -0.2) is 30.3 Å². The van der Waals surface area contributed by atoms with E-state index in [1.165, 1.54) is 36.9 Å². The van der Waals surface area contributed by atoms with Crippen LogP contribution in [0.4, 0.5) is 0 Å².